The van der Waals surface area contributed by atoms with Crippen molar-refractivity contribution >= 4 is 45.0 Å². The number of nitrogens with one attached hydrogen (secondary N) is 3. The first-order chi connectivity index (χ1) is 19.1. The molecule has 0 aliphatic rings. The van der Waals surface area contributed by atoms with E-state index in [9.17, 15) is 4.79 Å². The summed E-state index contributed by atoms with van der Waals surface area (Å²) in [5.41, 5.74) is 9.22. The fourth-order valence-corrected chi connectivity index (χ4v) is 4.68. The van der Waals surface area contributed by atoms with Crippen LogP contribution in [0, 0.1) is 0 Å². The minimum atomic E-state index is -0.481. The van der Waals surface area contributed by atoms with Crippen molar-refractivity contribution in [1.29, 1.82) is 0 Å². The lowest BCUT2D eigenvalue weighted by Gasteiger charge is -2.12. The van der Waals surface area contributed by atoms with Crippen LogP contribution in [0.25, 0.3) is 32.9 Å². The summed E-state index contributed by atoms with van der Waals surface area (Å²) in [4.78, 5) is 20.6. The van der Waals surface area contributed by atoms with Crippen LogP contribution in [0.15, 0.2) is 67.0 Å². The van der Waals surface area contributed by atoms with Crippen LogP contribution in [-0.4, -0.2) is 52.4 Å². The van der Waals surface area contributed by atoms with Crippen LogP contribution in [0.2, 0.25) is 5.02 Å². The minimum Gasteiger partial charge on any atom is -0.380 e. The highest BCUT2D eigenvalue weighted by Gasteiger charge is 2.13. The standard InChI is InChI=1S/C29H30ClN7O2/c30-26-25(36-37-27(26)19-6-2-1-3-7-19)18-32-11-4-5-14-39-15-13-34-29-22-10-12-33-17-23(22)21-9-8-20(28(31)38)16-24(21)35-29/h1-3,6-10,12,16-17,32H,4-5,11,13-15,18H2,(H2,31,38)(H,34,35)(H,36,37). The minimum absolute atomic E-state index is 0.423. The molecule has 0 saturated carbocycles. The number of fused-ring (bicyclic) bond motifs is 3. The maximum atomic E-state index is 11.6. The van der Waals surface area contributed by atoms with Gasteiger partial charge in [-0.2, -0.15) is 5.10 Å². The topological polar surface area (TPSA) is 131 Å². The van der Waals surface area contributed by atoms with Crippen LogP contribution < -0.4 is 16.4 Å². The second-order valence-corrected chi connectivity index (χ2v) is 9.51. The van der Waals surface area contributed by atoms with Crippen molar-refractivity contribution < 1.29 is 9.53 Å². The largest absolute Gasteiger partial charge is 0.380 e. The maximum Gasteiger partial charge on any atom is 0.248 e. The molecule has 5 N–H and O–H groups in total. The number of aromatic amines is 1. The molecule has 5 rings (SSSR count). The summed E-state index contributed by atoms with van der Waals surface area (Å²) in [7, 11) is 0. The Balaban J connectivity index is 1.03. The number of benzene rings is 2. The molecule has 2 aromatic carbocycles. The van der Waals surface area contributed by atoms with Gasteiger partial charge in [-0.3, -0.25) is 14.9 Å². The van der Waals surface area contributed by atoms with E-state index in [1.165, 1.54) is 0 Å². The number of ether oxygens (including phenoxy) is 1. The summed E-state index contributed by atoms with van der Waals surface area (Å²) in [5.74, 6) is 0.243. The van der Waals surface area contributed by atoms with Crippen molar-refractivity contribution in [2.24, 2.45) is 5.73 Å². The number of halogens is 1. The number of carbonyl (C=O) groups excluding carboxylic acids is 1. The maximum absolute atomic E-state index is 11.6. The van der Waals surface area contributed by atoms with Crippen LogP contribution >= 0.6 is 11.6 Å². The number of hydrogen-bond donors (Lipinski definition) is 4. The van der Waals surface area contributed by atoms with Gasteiger partial charge in [0.2, 0.25) is 5.91 Å². The lowest BCUT2D eigenvalue weighted by Crippen LogP contribution is -2.16. The third-order valence-corrected chi connectivity index (χ3v) is 6.84. The molecule has 3 heterocycles. The Morgan fingerprint density at radius 1 is 1.00 bits per heavy atom. The molecular weight excluding hydrogens is 514 g/mol. The second kappa shape index (κ2) is 12.7. The molecular formula is C29H30ClN7O2. The first-order valence-electron chi connectivity index (χ1n) is 12.9. The van der Waals surface area contributed by atoms with E-state index in [2.05, 4.69) is 25.8 Å². The number of anilines is 1. The fourth-order valence-electron chi connectivity index (χ4n) is 4.42. The zero-order valence-electron chi connectivity index (χ0n) is 21.4. The molecule has 10 heteroatoms. The van der Waals surface area contributed by atoms with Gasteiger partial charge in [-0.1, -0.05) is 48.0 Å². The van der Waals surface area contributed by atoms with E-state index < -0.39 is 5.91 Å². The average Bonchev–Trinajstić information content (AvgIpc) is 3.33. The van der Waals surface area contributed by atoms with Crippen molar-refractivity contribution in [3.63, 3.8) is 0 Å². The van der Waals surface area contributed by atoms with Gasteiger partial charge in [-0.25, -0.2) is 4.98 Å². The molecule has 9 nitrogen and oxygen atoms in total. The van der Waals surface area contributed by atoms with Crippen LogP contribution in [0.5, 0.6) is 0 Å². The highest BCUT2D eigenvalue weighted by molar-refractivity contribution is 6.33. The summed E-state index contributed by atoms with van der Waals surface area (Å²) in [6.07, 6.45) is 5.47. The number of aromatic nitrogens is 4. The molecule has 0 aliphatic carbocycles. The Hall–Kier alpha value is -4.05. The number of nitrogens with two attached hydrogens (primary N) is 1. The van der Waals surface area contributed by atoms with Crippen molar-refractivity contribution in [2.45, 2.75) is 19.4 Å². The van der Waals surface area contributed by atoms with Gasteiger partial charge in [-0.15, -0.1) is 0 Å². The number of rotatable bonds is 13. The summed E-state index contributed by atoms with van der Waals surface area (Å²) >= 11 is 6.51. The molecule has 1 amide bonds. The summed E-state index contributed by atoms with van der Waals surface area (Å²) in [6.45, 7) is 3.31. The van der Waals surface area contributed by atoms with Gasteiger partial charge in [0.1, 0.15) is 11.5 Å². The third kappa shape index (κ3) is 6.34. The number of unbranched alkanes of at least 4 members (excludes halogenated alkanes) is 1. The monoisotopic (exact) mass is 543 g/mol. The van der Waals surface area contributed by atoms with Crippen molar-refractivity contribution in [3.8, 4) is 11.3 Å². The highest BCUT2D eigenvalue weighted by Crippen LogP contribution is 2.29. The normalized spacial score (nSPS) is 11.3. The van der Waals surface area contributed by atoms with Crippen molar-refractivity contribution in [1.82, 2.24) is 25.5 Å². The number of nitrogens with zero attached hydrogens (tertiary/aromatic N) is 3. The van der Waals surface area contributed by atoms with E-state index in [0.717, 1.165) is 58.3 Å². The molecule has 0 radical (unpaired) electrons. The molecule has 0 saturated heterocycles. The van der Waals surface area contributed by atoms with E-state index in [4.69, 9.17) is 27.1 Å². The molecule has 39 heavy (non-hydrogen) atoms. The first kappa shape index (κ1) is 26.6. The molecule has 0 spiro atoms. The Kier molecular flexibility index (Phi) is 8.62. The van der Waals surface area contributed by atoms with Crippen LogP contribution in [0.3, 0.4) is 0 Å². The zero-order valence-corrected chi connectivity index (χ0v) is 22.2. The van der Waals surface area contributed by atoms with Gasteiger partial charge in [0.25, 0.3) is 0 Å². The fraction of sp³-hybridized carbons (Fsp3) is 0.241. The number of pyridine rings is 2. The van der Waals surface area contributed by atoms with E-state index in [-0.39, 0.29) is 0 Å². The Labute approximate surface area is 231 Å². The molecule has 0 aliphatic heterocycles. The number of hydrogen-bond acceptors (Lipinski definition) is 7. The van der Waals surface area contributed by atoms with Crippen LogP contribution in [0.4, 0.5) is 5.82 Å². The van der Waals surface area contributed by atoms with Crippen molar-refractivity contribution in [2.75, 3.05) is 31.6 Å². The SMILES string of the molecule is NC(=O)c1ccc2c(c1)nc(NCCOCCCCNCc1[nH]nc(-c3ccccc3)c1Cl)c1ccncc12. The quantitative estimate of drug-likeness (QED) is 0.122. The summed E-state index contributed by atoms with van der Waals surface area (Å²) in [5, 5.41) is 17.7. The Morgan fingerprint density at radius 2 is 1.87 bits per heavy atom. The van der Waals surface area contributed by atoms with Crippen molar-refractivity contribution in [3.05, 3.63) is 83.3 Å². The van der Waals surface area contributed by atoms with E-state index in [1.807, 2.05) is 48.7 Å². The van der Waals surface area contributed by atoms with Gasteiger partial charge in [0.15, 0.2) is 0 Å². The van der Waals surface area contributed by atoms with Gasteiger partial charge < -0.3 is 21.1 Å². The highest BCUT2D eigenvalue weighted by atomic mass is 35.5. The Morgan fingerprint density at radius 3 is 2.72 bits per heavy atom. The van der Waals surface area contributed by atoms with E-state index >= 15 is 0 Å². The molecule has 200 valence electrons. The smallest absolute Gasteiger partial charge is 0.248 e. The number of amides is 1. The average molecular weight is 544 g/mol. The molecule has 0 bridgehead atoms. The van der Waals surface area contributed by atoms with Crippen LogP contribution in [0.1, 0.15) is 28.9 Å². The predicted molar refractivity (Wildman–Crippen MR) is 155 cm³/mol. The number of primary amides is 1. The van der Waals surface area contributed by atoms with E-state index in [1.54, 1.807) is 18.3 Å². The van der Waals surface area contributed by atoms with Gasteiger partial charge in [0, 0.05) is 59.4 Å². The van der Waals surface area contributed by atoms with Gasteiger partial charge >= 0.3 is 0 Å². The molecule has 0 atom stereocenters. The predicted octanol–water partition coefficient (Wildman–Crippen LogP) is 4.92. The number of H-pyrrole nitrogens is 1. The molecule has 5 aromatic rings. The third-order valence-electron chi connectivity index (χ3n) is 6.44. The summed E-state index contributed by atoms with van der Waals surface area (Å²) < 4.78 is 5.81. The van der Waals surface area contributed by atoms with Gasteiger partial charge in [0.05, 0.1) is 22.8 Å². The zero-order chi connectivity index (χ0) is 27.0. The Bertz CT molecular complexity index is 1570. The number of carbonyl (C=O) groups is 1. The summed E-state index contributed by atoms with van der Waals surface area (Å²) in [6, 6.07) is 17.1. The lowest BCUT2D eigenvalue weighted by molar-refractivity contribution is 0.100. The molecule has 0 fully saturated rings. The first-order valence-corrected chi connectivity index (χ1v) is 13.3. The second-order valence-electron chi connectivity index (χ2n) is 9.13. The molecule has 3 aromatic heterocycles. The van der Waals surface area contributed by atoms with E-state index in [0.29, 0.717) is 42.4 Å². The van der Waals surface area contributed by atoms with Gasteiger partial charge in [-0.05, 0) is 37.6 Å². The molecule has 0 unspecified atom stereocenters. The van der Waals surface area contributed by atoms with Crippen LogP contribution in [-0.2, 0) is 11.3 Å². The lowest BCUT2D eigenvalue weighted by atomic mass is 10.1.